The summed E-state index contributed by atoms with van der Waals surface area (Å²) in [5.41, 5.74) is 1.49. The van der Waals surface area contributed by atoms with E-state index in [9.17, 15) is 15.2 Å². The number of anilines is 1. The zero-order valence-corrected chi connectivity index (χ0v) is 14.2. The Morgan fingerprint density at radius 2 is 2.00 bits per heavy atom. The molecule has 24 heavy (non-hydrogen) atoms. The van der Waals surface area contributed by atoms with Crippen LogP contribution in [0.25, 0.3) is 0 Å². The molecule has 0 radical (unpaired) electrons. The number of rotatable bonds is 5. The second-order valence-corrected chi connectivity index (χ2v) is 6.60. The molecule has 0 saturated carbocycles. The summed E-state index contributed by atoms with van der Waals surface area (Å²) in [6, 6.07) is 5.35. The Kier molecular flexibility index (Phi) is 5.33. The molecule has 0 aliphatic carbocycles. The molecule has 2 fully saturated rings. The lowest BCUT2D eigenvalue weighted by molar-refractivity contribution is -0.384. The van der Waals surface area contributed by atoms with E-state index in [4.69, 9.17) is 0 Å². The van der Waals surface area contributed by atoms with Gasteiger partial charge in [0.2, 0.25) is 0 Å². The van der Waals surface area contributed by atoms with Crippen molar-refractivity contribution in [3.8, 4) is 0 Å². The van der Waals surface area contributed by atoms with Crippen molar-refractivity contribution in [2.75, 3.05) is 50.7 Å². The van der Waals surface area contributed by atoms with E-state index in [1.807, 2.05) is 0 Å². The molecule has 2 aliphatic rings. The number of hydrogen-bond acceptors (Lipinski definition) is 6. The summed E-state index contributed by atoms with van der Waals surface area (Å²) in [5.74, 6) is 0. The molecule has 1 unspecified atom stereocenters. The van der Waals surface area contributed by atoms with Gasteiger partial charge in [0.25, 0.3) is 5.69 Å². The van der Waals surface area contributed by atoms with E-state index < -0.39 is 0 Å². The van der Waals surface area contributed by atoms with Gasteiger partial charge in [-0.1, -0.05) is 6.92 Å². The van der Waals surface area contributed by atoms with Crippen LogP contribution >= 0.6 is 0 Å². The van der Waals surface area contributed by atoms with Crippen LogP contribution in [-0.2, 0) is 6.61 Å². The molecule has 0 amide bonds. The Morgan fingerprint density at radius 1 is 1.25 bits per heavy atom. The van der Waals surface area contributed by atoms with Gasteiger partial charge in [0, 0.05) is 51.4 Å². The zero-order chi connectivity index (χ0) is 17.1. The summed E-state index contributed by atoms with van der Waals surface area (Å²) >= 11 is 0. The van der Waals surface area contributed by atoms with Crippen molar-refractivity contribution >= 4 is 11.4 Å². The van der Waals surface area contributed by atoms with Gasteiger partial charge < -0.3 is 14.9 Å². The monoisotopic (exact) mass is 334 g/mol. The van der Waals surface area contributed by atoms with Gasteiger partial charge in [0.05, 0.1) is 11.5 Å². The maximum atomic E-state index is 11.3. The zero-order valence-electron chi connectivity index (χ0n) is 14.2. The molecule has 1 atom stereocenters. The van der Waals surface area contributed by atoms with Crippen LogP contribution in [0.1, 0.15) is 18.9 Å². The number of hydrogen-bond donors (Lipinski definition) is 1. The summed E-state index contributed by atoms with van der Waals surface area (Å²) < 4.78 is 0. The average molecular weight is 334 g/mol. The fraction of sp³-hybridized carbons (Fsp3) is 0.647. The SMILES string of the molecule is CCN1CCN(C2CCN(c3cc(CO)ccc3[N+](=O)[O-])C2)CC1. The van der Waals surface area contributed by atoms with Gasteiger partial charge in [-0.25, -0.2) is 0 Å². The van der Waals surface area contributed by atoms with Crippen molar-refractivity contribution in [2.24, 2.45) is 0 Å². The Hall–Kier alpha value is -1.70. The predicted octanol–water partition coefficient (Wildman–Crippen LogP) is 1.30. The minimum Gasteiger partial charge on any atom is -0.392 e. The summed E-state index contributed by atoms with van der Waals surface area (Å²) in [4.78, 5) is 18.1. The normalized spacial score (nSPS) is 22.9. The third-order valence-electron chi connectivity index (χ3n) is 5.29. The largest absolute Gasteiger partial charge is 0.392 e. The maximum absolute atomic E-state index is 11.3. The van der Waals surface area contributed by atoms with Crippen LogP contribution in [0.2, 0.25) is 0 Å². The first-order valence-corrected chi connectivity index (χ1v) is 8.72. The van der Waals surface area contributed by atoms with Gasteiger partial charge in [-0.3, -0.25) is 15.0 Å². The number of nitrogens with zero attached hydrogens (tertiary/aromatic N) is 4. The first kappa shape index (κ1) is 17.1. The second kappa shape index (κ2) is 7.46. The van der Waals surface area contributed by atoms with Gasteiger partial charge in [-0.2, -0.15) is 0 Å². The third kappa shape index (κ3) is 3.53. The molecule has 132 valence electrons. The molecule has 0 bridgehead atoms. The number of piperazine rings is 1. The number of likely N-dealkylation sites (N-methyl/N-ethyl adjacent to an activating group) is 1. The van der Waals surface area contributed by atoms with Crippen LogP contribution in [0.4, 0.5) is 11.4 Å². The summed E-state index contributed by atoms with van der Waals surface area (Å²) in [6.07, 6.45) is 1.03. The molecule has 1 N–H and O–H groups in total. The van der Waals surface area contributed by atoms with Crippen LogP contribution in [0.15, 0.2) is 18.2 Å². The Balaban J connectivity index is 1.70. The average Bonchev–Trinajstić information content (AvgIpc) is 3.11. The molecular formula is C17H26N4O3. The van der Waals surface area contributed by atoms with Crippen molar-refractivity contribution < 1.29 is 10.0 Å². The van der Waals surface area contributed by atoms with Gasteiger partial charge in [-0.15, -0.1) is 0 Å². The van der Waals surface area contributed by atoms with Crippen molar-refractivity contribution in [1.29, 1.82) is 0 Å². The second-order valence-electron chi connectivity index (χ2n) is 6.60. The van der Waals surface area contributed by atoms with Crippen LogP contribution in [0.3, 0.4) is 0 Å². The lowest BCUT2D eigenvalue weighted by Gasteiger charge is -2.37. The Labute approximate surface area is 142 Å². The fourth-order valence-electron chi connectivity index (χ4n) is 3.78. The van der Waals surface area contributed by atoms with Crippen LogP contribution in [-0.4, -0.2) is 71.7 Å². The molecule has 2 saturated heterocycles. The molecule has 0 aromatic heterocycles. The highest BCUT2D eigenvalue weighted by Gasteiger charge is 2.32. The van der Waals surface area contributed by atoms with Gasteiger partial charge in [-0.05, 0) is 30.7 Å². The van der Waals surface area contributed by atoms with E-state index >= 15 is 0 Å². The molecule has 1 aromatic rings. The lowest BCUT2D eigenvalue weighted by Crippen LogP contribution is -2.50. The minimum absolute atomic E-state index is 0.0960. The quantitative estimate of drug-likeness (QED) is 0.646. The maximum Gasteiger partial charge on any atom is 0.292 e. The Morgan fingerprint density at radius 3 is 2.62 bits per heavy atom. The first-order chi connectivity index (χ1) is 11.6. The van der Waals surface area contributed by atoms with Crippen molar-refractivity contribution in [3.05, 3.63) is 33.9 Å². The van der Waals surface area contributed by atoms with Gasteiger partial charge in [0.1, 0.15) is 5.69 Å². The van der Waals surface area contributed by atoms with Crippen LogP contribution < -0.4 is 4.90 Å². The molecule has 7 heteroatoms. The third-order valence-corrected chi connectivity index (χ3v) is 5.29. The molecule has 7 nitrogen and oxygen atoms in total. The van der Waals surface area contributed by atoms with E-state index in [-0.39, 0.29) is 17.2 Å². The topological polar surface area (TPSA) is 73.1 Å². The van der Waals surface area contributed by atoms with Gasteiger partial charge in [0.15, 0.2) is 0 Å². The summed E-state index contributed by atoms with van der Waals surface area (Å²) in [6.45, 7) is 9.21. The van der Waals surface area contributed by atoms with E-state index in [2.05, 4.69) is 21.6 Å². The highest BCUT2D eigenvalue weighted by Crippen LogP contribution is 2.33. The molecule has 2 aliphatic heterocycles. The molecule has 3 rings (SSSR count). The van der Waals surface area contributed by atoms with Crippen molar-refractivity contribution in [1.82, 2.24) is 9.80 Å². The minimum atomic E-state index is -0.330. The van der Waals surface area contributed by atoms with E-state index in [1.165, 1.54) is 6.07 Å². The molecule has 1 aromatic carbocycles. The van der Waals surface area contributed by atoms with E-state index in [0.29, 0.717) is 11.7 Å². The highest BCUT2D eigenvalue weighted by molar-refractivity contribution is 5.65. The van der Waals surface area contributed by atoms with Crippen molar-refractivity contribution in [2.45, 2.75) is 26.0 Å². The summed E-state index contributed by atoms with van der Waals surface area (Å²) in [7, 11) is 0. The van der Waals surface area contributed by atoms with E-state index in [1.54, 1.807) is 12.1 Å². The smallest absolute Gasteiger partial charge is 0.292 e. The summed E-state index contributed by atoms with van der Waals surface area (Å²) in [5, 5.41) is 20.7. The highest BCUT2D eigenvalue weighted by atomic mass is 16.6. The lowest BCUT2D eigenvalue weighted by atomic mass is 10.1. The van der Waals surface area contributed by atoms with Crippen LogP contribution in [0.5, 0.6) is 0 Å². The van der Waals surface area contributed by atoms with Crippen molar-refractivity contribution in [3.63, 3.8) is 0 Å². The Bertz CT molecular complexity index is 587. The van der Waals surface area contributed by atoms with Crippen LogP contribution in [0, 0.1) is 10.1 Å². The molecular weight excluding hydrogens is 308 g/mol. The number of aliphatic hydroxyl groups is 1. The molecule has 2 heterocycles. The van der Waals surface area contributed by atoms with E-state index in [0.717, 1.165) is 57.8 Å². The number of nitro groups is 1. The number of aliphatic hydroxyl groups excluding tert-OH is 1. The standard InChI is InChI=1S/C17H26N4O3/c1-2-18-7-9-19(10-8-18)15-5-6-20(12-15)17-11-14(13-22)3-4-16(17)21(23)24/h3-4,11,15,22H,2,5-10,12-13H2,1H3. The molecule has 0 spiro atoms. The first-order valence-electron chi connectivity index (χ1n) is 8.72. The number of benzene rings is 1. The number of nitro benzene ring substituents is 1. The predicted molar refractivity (Wildman–Crippen MR) is 93.3 cm³/mol. The fourth-order valence-corrected chi connectivity index (χ4v) is 3.78. The van der Waals surface area contributed by atoms with Gasteiger partial charge >= 0.3 is 0 Å².